The second-order valence-corrected chi connectivity index (χ2v) is 7.53. The van der Waals surface area contributed by atoms with Gasteiger partial charge in [0.15, 0.2) is 0 Å². The lowest BCUT2D eigenvalue weighted by atomic mass is 9.88. The second kappa shape index (κ2) is 9.93. The maximum atomic E-state index is 12.2. The Hall–Kier alpha value is -1.59. The molecule has 2 N–H and O–H groups in total. The Balaban J connectivity index is 1.29. The van der Waals surface area contributed by atoms with E-state index in [1.165, 1.54) is 43.9 Å². The van der Waals surface area contributed by atoms with Gasteiger partial charge in [0.1, 0.15) is 0 Å². The van der Waals surface area contributed by atoms with Crippen LogP contribution in [0.5, 0.6) is 0 Å². The highest BCUT2D eigenvalue weighted by atomic mass is 16.2. The Morgan fingerprint density at radius 1 is 1.12 bits per heavy atom. The van der Waals surface area contributed by atoms with E-state index in [-0.39, 0.29) is 12.1 Å². The van der Waals surface area contributed by atoms with Crippen LogP contribution in [0.3, 0.4) is 0 Å². The van der Waals surface area contributed by atoms with Crippen LogP contribution in [0.2, 0.25) is 0 Å². The van der Waals surface area contributed by atoms with Gasteiger partial charge in [-0.3, -0.25) is 0 Å². The Kier molecular flexibility index (Phi) is 7.32. The number of unbranched alkanes of at least 4 members (excludes halogenated alkanes) is 1. The molecule has 1 saturated heterocycles. The van der Waals surface area contributed by atoms with Crippen molar-refractivity contribution in [3.63, 3.8) is 0 Å². The standard InChI is InChI=1S/C21H34N4O/c1-2-24-14-16-25(17-15-24)13-6-5-12-22-21(26)23-20-11-7-9-18-8-3-4-10-19(18)20/h3-4,8,10,20H,2,5-7,9,11-17H2,1H3,(H2,22,23,26)/t20-/m1/s1. The molecule has 3 rings (SSSR count). The predicted molar refractivity (Wildman–Crippen MR) is 106 cm³/mol. The summed E-state index contributed by atoms with van der Waals surface area (Å²) in [5.41, 5.74) is 2.67. The Labute approximate surface area is 158 Å². The number of carbonyl (C=O) groups is 1. The molecule has 1 aliphatic heterocycles. The second-order valence-electron chi connectivity index (χ2n) is 7.53. The molecule has 1 aromatic rings. The van der Waals surface area contributed by atoms with Gasteiger partial charge < -0.3 is 20.4 Å². The largest absolute Gasteiger partial charge is 0.338 e. The molecule has 1 fully saturated rings. The number of amides is 2. The summed E-state index contributed by atoms with van der Waals surface area (Å²) in [5.74, 6) is 0. The topological polar surface area (TPSA) is 47.6 Å². The summed E-state index contributed by atoms with van der Waals surface area (Å²) in [5, 5.41) is 6.20. The lowest BCUT2D eigenvalue weighted by Crippen LogP contribution is -2.46. The lowest BCUT2D eigenvalue weighted by Gasteiger charge is -2.34. The van der Waals surface area contributed by atoms with E-state index in [9.17, 15) is 4.79 Å². The first-order valence-corrected chi connectivity index (χ1v) is 10.3. The summed E-state index contributed by atoms with van der Waals surface area (Å²) in [7, 11) is 0. The number of aryl methyl sites for hydroxylation is 1. The van der Waals surface area contributed by atoms with Crippen LogP contribution in [0.1, 0.15) is 49.8 Å². The maximum Gasteiger partial charge on any atom is 0.315 e. The Morgan fingerprint density at radius 3 is 2.69 bits per heavy atom. The lowest BCUT2D eigenvalue weighted by molar-refractivity contribution is 0.135. The minimum absolute atomic E-state index is 0.0248. The fourth-order valence-electron chi connectivity index (χ4n) is 4.10. The summed E-state index contributed by atoms with van der Waals surface area (Å²) in [6.45, 7) is 10.1. The van der Waals surface area contributed by atoms with Crippen molar-refractivity contribution >= 4 is 6.03 Å². The third kappa shape index (κ3) is 5.45. The summed E-state index contributed by atoms with van der Waals surface area (Å²) < 4.78 is 0. The maximum absolute atomic E-state index is 12.2. The zero-order chi connectivity index (χ0) is 18.2. The number of carbonyl (C=O) groups excluding carboxylic acids is 1. The number of urea groups is 1. The fraction of sp³-hybridized carbons (Fsp3) is 0.667. The average molecular weight is 359 g/mol. The molecule has 5 heteroatoms. The van der Waals surface area contributed by atoms with E-state index in [0.717, 1.165) is 45.2 Å². The molecule has 1 atom stereocenters. The van der Waals surface area contributed by atoms with Crippen molar-refractivity contribution < 1.29 is 4.79 Å². The van der Waals surface area contributed by atoms with Crippen molar-refractivity contribution in [1.82, 2.24) is 20.4 Å². The number of nitrogens with zero attached hydrogens (tertiary/aromatic N) is 2. The van der Waals surface area contributed by atoms with Crippen molar-refractivity contribution in [2.75, 3.05) is 45.8 Å². The number of nitrogens with one attached hydrogen (secondary N) is 2. The molecular formula is C21H34N4O. The van der Waals surface area contributed by atoms with Crippen molar-refractivity contribution in [1.29, 1.82) is 0 Å². The molecule has 0 spiro atoms. The molecule has 2 aliphatic rings. The smallest absolute Gasteiger partial charge is 0.315 e. The fourth-order valence-corrected chi connectivity index (χ4v) is 4.10. The number of hydrogen-bond donors (Lipinski definition) is 2. The van der Waals surface area contributed by atoms with E-state index in [1.54, 1.807) is 0 Å². The van der Waals surface area contributed by atoms with Gasteiger partial charge in [0, 0.05) is 32.7 Å². The first kappa shape index (κ1) is 19.2. The van der Waals surface area contributed by atoms with Crippen LogP contribution in [-0.2, 0) is 6.42 Å². The molecule has 144 valence electrons. The van der Waals surface area contributed by atoms with Crippen LogP contribution in [-0.4, -0.2) is 61.6 Å². The van der Waals surface area contributed by atoms with Gasteiger partial charge in [0.25, 0.3) is 0 Å². The number of benzene rings is 1. The third-order valence-corrected chi connectivity index (χ3v) is 5.77. The quantitative estimate of drug-likeness (QED) is 0.737. The number of likely N-dealkylation sites (N-methyl/N-ethyl adjacent to an activating group) is 1. The predicted octanol–water partition coefficient (Wildman–Crippen LogP) is 2.78. The highest BCUT2D eigenvalue weighted by Gasteiger charge is 2.21. The molecular weight excluding hydrogens is 324 g/mol. The van der Waals surface area contributed by atoms with E-state index in [0.29, 0.717) is 0 Å². The first-order valence-electron chi connectivity index (χ1n) is 10.3. The summed E-state index contributed by atoms with van der Waals surface area (Å²) in [6, 6.07) is 8.62. The molecule has 1 aliphatic carbocycles. The van der Waals surface area contributed by atoms with Crippen molar-refractivity contribution in [3.05, 3.63) is 35.4 Å². The van der Waals surface area contributed by atoms with Gasteiger partial charge in [-0.15, -0.1) is 0 Å². The third-order valence-electron chi connectivity index (χ3n) is 5.77. The molecule has 26 heavy (non-hydrogen) atoms. The minimum Gasteiger partial charge on any atom is -0.338 e. The van der Waals surface area contributed by atoms with Crippen molar-refractivity contribution in [2.24, 2.45) is 0 Å². The number of fused-ring (bicyclic) bond motifs is 1. The average Bonchev–Trinajstić information content (AvgIpc) is 2.68. The van der Waals surface area contributed by atoms with E-state index in [1.807, 2.05) is 0 Å². The van der Waals surface area contributed by atoms with Gasteiger partial charge in [-0.05, 0) is 56.3 Å². The van der Waals surface area contributed by atoms with Gasteiger partial charge in [-0.2, -0.15) is 0 Å². The van der Waals surface area contributed by atoms with E-state index < -0.39 is 0 Å². The van der Waals surface area contributed by atoms with Crippen LogP contribution >= 0.6 is 0 Å². The van der Waals surface area contributed by atoms with E-state index in [4.69, 9.17) is 0 Å². The molecule has 2 amide bonds. The van der Waals surface area contributed by atoms with E-state index in [2.05, 4.69) is 51.6 Å². The number of rotatable bonds is 7. The Bertz CT molecular complexity index is 569. The van der Waals surface area contributed by atoms with Crippen molar-refractivity contribution in [2.45, 2.75) is 45.1 Å². The Morgan fingerprint density at radius 2 is 1.88 bits per heavy atom. The van der Waals surface area contributed by atoms with Crippen molar-refractivity contribution in [3.8, 4) is 0 Å². The minimum atomic E-state index is -0.0248. The molecule has 1 heterocycles. The van der Waals surface area contributed by atoms with Gasteiger partial charge in [0.2, 0.25) is 0 Å². The monoisotopic (exact) mass is 358 g/mol. The van der Waals surface area contributed by atoms with Gasteiger partial charge in [-0.25, -0.2) is 4.79 Å². The van der Waals surface area contributed by atoms with Gasteiger partial charge in [-0.1, -0.05) is 31.2 Å². The molecule has 0 saturated carbocycles. The zero-order valence-electron chi connectivity index (χ0n) is 16.2. The number of hydrogen-bond acceptors (Lipinski definition) is 3. The molecule has 0 bridgehead atoms. The van der Waals surface area contributed by atoms with Crippen LogP contribution in [0, 0.1) is 0 Å². The van der Waals surface area contributed by atoms with Gasteiger partial charge in [0.05, 0.1) is 6.04 Å². The SMILES string of the molecule is CCN1CCN(CCCCNC(=O)N[C@@H]2CCCc3ccccc32)CC1. The van der Waals surface area contributed by atoms with Crippen LogP contribution in [0.4, 0.5) is 4.79 Å². The van der Waals surface area contributed by atoms with Gasteiger partial charge >= 0.3 is 6.03 Å². The first-order chi connectivity index (χ1) is 12.8. The summed E-state index contributed by atoms with van der Waals surface area (Å²) in [6.07, 6.45) is 5.51. The summed E-state index contributed by atoms with van der Waals surface area (Å²) in [4.78, 5) is 17.3. The normalized spacial score (nSPS) is 21.2. The molecule has 0 radical (unpaired) electrons. The molecule has 1 aromatic carbocycles. The zero-order valence-corrected chi connectivity index (χ0v) is 16.2. The van der Waals surface area contributed by atoms with E-state index >= 15 is 0 Å². The highest BCUT2D eigenvalue weighted by molar-refractivity contribution is 5.74. The van der Waals surface area contributed by atoms with Crippen LogP contribution in [0.15, 0.2) is 24.3 Å². The number of piperazine rings is 1. The molecule has 5 nitrogen and oxygen atoms in total. The van der Waals surface area contributed by atoms with Crippen LogP contribution in [0.25, 0.3) is 0 Å². The summed E-state index contributed by atoms with van der Waals surface area (Å²) >= 11 is 0. The van der Waals surface area contributed by atoms with Crippen LogP contribution < -0.4 is 10.6 Å². The highest BCUT2D eigenvalue weighted by Crippen LogP contribution is 2.29. The molecule has 0 aromatic heterocycles. The molecule has 0 unspecified atom stereocenters.